The molecule has 4 heteroatoms. The lowest BCUT2D eigenvalue weighted by Crippen LogP contribution is -2.54. The molecule has 0 radical (unpaired) electrons. The zero-order valence-electron chi connectivity index (χ0n) is 14.1. The molecule has 2 fully saturated rings. The third-order valence-electron chi connectivity index (χ3n) is 5.39. The minimum Gasteiger partial charge on any atom is -0.344 e. The average Bonchev–Trinajstić information content (AvgIpc) is 2.68. The van der Waals surface area contributed by atoms with E-state index >= 15 is 0 Å². The third kappa shape index (κ3) is 3.24. The Labute approximate surface area is 128 Å². The van der Waals surface area contributed by atoms with Crippen molar-refractivity contribution < 1.29 is 9.59 Å². The van der Waals surface area contributed by atoms with Gasteiger partial charge in [0.1, 0.15) is 6.04 Å². The monoisotopic (exact) mass is 294 g/mol. The van der Waals surface area contributed by atoms with Crippen LogP contribution in [0.4, 0.5) is 0 Å². The smallest absolute Gasteiger partial charge is 0.245 e. The highest BCUT2D eigenvalue weighted by atomic mass is 16.2. The molecule has 0 aromatic rings. The quantitative estimate of drug-likeness (QED) is 0.851. The molecule has 1 aliphatic heterocycles. The Kier molecular flexibility index (Phi) is 4.64. The normalized spacial score (nSPS) is 34.8. The van der Waals surface area contributed by atoms with Gasteiger partial charge in [-0.25, -0.2) is 0 Å². The van der Waals surface area contributed by atoms with E-state index in [9.17, 15) is 9.59 Å². The predicted molar refractivity (Wildman–Crippen MR) is 83.7 cm³/mol. The lowest BCUT2D eigenvalue weighted by Gasteiger charge is -2.37. The predicted octanol–water partition coefficient (Wildman–Crippen LogP) is 2.57. The molecule has 0 aromatic carbocycles. The van der Waals surface area contributed by atoms with E-state index in [0.717, 1.165) is 6.42 Å². The summed E-state index contributed by atoms with van der Waals surface area (Å²) in [6.07, 6.45) is 3.89. The minimum atomic E-state index is -0.402. The van der Waals surface area contributed by atoms with Gasteiger partial charge in [-0.3, -0.25) is 9.59 Å². The molecule has 1 N–H and O–H groups in total. The van der Waals surface area contributed by atoms with Crippen molar-refractivity contribution in [2.45, 2.75) is 72.4 Å². The Bertz CT molecular complexity index is 414. The van der Waals surface area contributed by atoms with Gasteiger partial charge in [0, 0.05) is 19.0 Å². The first kappa shape index (κ1) is 16.3. The summed E-state index contributed by atoms with van der Waals surface area (Å²) in [5, 5.41) is 2.93. The van der Waals surface area contributed by atoms with E-state index < -0.39 is 6.04 Å². The second kappa shape index (κ2) is 5.98. The van der Waals surface area contributed by atoms with E-state index in [1.54, 1.807) is 0 Å². The molecule has 2 rings (SSSR count). The van der Waals surface area contributed by atoms with E-state index in [2.05, 4.69) is 19.2 Å². The van der Waals surface area contributed by atoms with Crippen molar-refractivity contribution in [2.75, 3.05) is 6.54 Å². The topological polar surface area (TPSA) is 49.4 Å². The van der Waals surface area contributed by atoms with E-state index in [4.69, 9.17) is 0 Å². The molecule has 4 atom stereocenters. The van der Waals surface area contributed by atoms with Gasteiger partial charge in [0.05, 0.1) is 0 Å². The summed E-state index contributed by atoms with van der Waals surface area (Å²) in [5.74, 6) is 1.36. The second-order valence-corrected chi connectivity index (χ2v) is 7.82. The van der Waals surface area contributed by atoms with Crippen molar-refractivity contribution in [2.24, 2.45) is 17.3 Å². The first-order valence-electron chi connectivity index (χ1n) is 8.35. The fourth-order valence-electron chi connectivity index (χ4n) is 3.95. The van der Waals surface area contributed by atoms with Crippen LogP contribution in [-0.2, 0) is 9.59 Å². The maximum atomic E-state index is 13.0. The Balaban J connectivity index is 2.22. The van der Waals surface area contributed by atoms with Gasteiger partial charge in [-0.1, -0.05) is 41.0 Å². The molecular formula is C17H30N2O2. The van der Waals surface area contributed by atoms with Crippen LogP contribution in [0.3, 0.4) is 0 Å². The molecule has 4 unspecified atom stereocenters. The van der Waals surface area contributed by atoms with Crippen molar-refractivity contribution in [1.29, 1.82) is 0 Å². The fraction of sp³-hybridized carbons (Fsp3) is 0.882. The van der Waals surface area contributed by atoms with Crippen LogP contribution in [0.25, 0.3) is 0 Å². The number of amides is 2. The molecule has 120 valence electrons. The highest BCUT2D eigenvalue weighted by Crippen LogP contribution is 2.38. The lowest BCUT2D eigenvalue weighted by molar-refractivity contribution is -0.139. The molecule has 2 aliphatic rings. The SMILES string of the molecule is CCC1CCC(N2CCC(=O)NC(C(C)(C)C)C2=O)C1C. The van der Waals surface area contributed by atoms with Crippen LogP contribution in [0.2, 0.25) is 0 Å². The van der Waals surface area contributed by atoms with Gasteiger partial charge in [-0.15, -0.1) is 0 Å². The molecular weight excluding hydrogens is 264 g/mol. The number of nitrogens with one attached hydrogen (secondary N) is 1. The summed E-state index contributed by atoms with van der Waals surface area (Å²) in [7, 11) is 0. The molecule has 1 saturated carbocycles. The summed E-state index contributed by atoms with van der Waals surface area (Å²) < 4.78 is 0. The van der Waals surface area contributed by atoms with Crippen molar-refractivity contribution in [3.05, 3.63) is 0 Å². The minimum absolute atomic E-state index is 0.00321. The molecule has 1 heterocycles. The Hall–Kier alpha value is -1.06. The first-order chi connectivity index (χ1) is 9.75. The molecule has 1 aliphatic carbocycles. The molecule has 0 aromatic heterocycles. The van der Waals surface area contributed by atoms with Gasteiger partial charge in [0.25, 0.3) is 0 Å². The number of carbonyl (C=O) groups is 2. The summed E-state index contributed by atoms with van der Waals surface area (Å²) in [6.45, 7) is 11.1. The molecule has 0 spiro atoms. The van der Waals surface area contributed by atoms with E-state index in [0.29, 0.717) is 30.8 Å². The Morgan fingerprint density at radius 2 is 1.90 bits per heavy atom. The first-order valence-corrected chi connectivity index (χ1v) is 8.35. The van der Waals surface area contributed by atoms with Crippen LogP contribution in [0.15, 0.2) is 0 Å². The van der Waals surface area contributed by atoms with Gasteiger partial charge < -0.3 is 10.2 Å². The van der Waals surface area contributed by atoms with Gasteiger partial charge in [-0.05, 0) is 30.1 Å². The van der Waals surface area contributed by atoms with Crippen LogP contribution >= 0.6 is 0 Å². The van der Waals surface area contributed by atoms with Crippen LogP contribution in [-0.4, -0.2) is 35.3 Å². The highest BCUT2D eigenvalue weighted by molar-refractivity contribution is 5.90. The largest absolute Gasteiger partial charge is 0.344 e. The van der Waals surface area contributed by atoms with Crippen molar-refractivity contribution in [1.82, 2.24) is 10.2 Å². The van der Waals surface area contributed by atoms with Gasteiger partial charge in [0.15, 0.2) is 0 Å². The molecule has 21 heavy (non-hydrogen) atoms. The van der Waals surface area contributed by atoms with Crippen LogP contribution in [0.1, 0.15) is 60.3 Å². The third-order valence-corrected chi connectivity index (χ3v) is 5.39. The lowest BCUT2D eigenvalue weighted by atomic mass is 9.85. The van der Waals surface area contributed by atoms with Gasteiger partial charge >= 0.3 is 0 Å². The Morgan fingerprint density at radius 3 is 2.43 bits per heavy atom. The second-order valence-electron chi connectivity index (χ2n) is 7.82. The standard InChI is InChI=1S/C17H30N2O2/c1-6-12-7-8-13(11(12)2)19-10-9-14(20)18-15(16(19)21)17(3,4)5/h11-13,15H,6-10H2,1-5H3,(H,18,20). The number of nitrogens with zero attached hydrogens (tertiary/aromatic N) is 1. The zero-order chi connectivity index (χ0) is 15.8. The summed E-state index contributed by atoms with van der Waals surface area (Å²) >= 11 is 0. The number of rotatable bonds is 2. The fourth-order valence-corrected chi connectivity index (χ4v) is 3.95. The maximum absolute atomic E-state index is 13.0. The average molecular weight is 294 g/mol. The number of carbonyl (C=O) groups excluding carboxylic acids is 2. The van der Waals surface area contributed by atoms with Crippen LogP contribution < -0.4 is 5.32 Å². The number of hydrogen-bond acceptors (Lipinski definition) is 2. The zero-order valence-corrected chi connectivity index (χ0v) is 14.1. The van der Waals surface area contributed by atoms with E-state index in [-0.39, 0.29) is 17.2 Å². The van der Waals surface area contributed by atoms with Crippen molar-refractivity contribution in [3.8, 4) is 0 Å². The molecule has 1 saturated heterocycles. The van der Waals surface area contributed by atoms with Crippen LogP contribution in [0.5, 0.6) is 0 Å². The number of hydrogen-bond donors (Lipinski definition) is 1. The summed E-state index contributed by atoms with van der Waals surface area (Å²) in [6, 6.07) is -0.0969. The molecule has 4 nitrogen and oxygen atoms in total. The highest BCUT2D eigenvalue weighted by Gasteiger charge is 2.43. The van der Waals surface area contributed by atoms with Crippen molar-refractivity contribution in [3.63, 3.8) is 0 Å². The van der Waals surface area contributed by atoms with Gasteiger partial charge in [-0.2, -0.15) is 0 Å². The Morgan fingerprint density at radius 1 is 1.24 bits per heavy atom. The van der Waals surface area contributed by atoms with Gasteiger partial charge in [0.2, 0.25) is 11.8 Å². The summed E-state index contributed by atoms with van der Waals surface area (Å²) in [4.78, 5) is 26.9. The maximum Gasteiger partial charge on any atom is 0.245 e. The summed E-state index contributed by atoms with van der Waals surface area (Å²) in [5.41, 5.74) is -0.249. The van der Waals surface area contributed by atoms with E-state index in [1.807, 2.05) is 25.7 Å². The van der Waals surface area contributed by atoms with Crippen molar-refractivity contribution >= 4 is 11.8 Å². The van der Waals surface area contributed by atoms with Crippen LogP contribution in [0, 0.1) is 17.3 Å². The molecule has 0 bridgehead atoms. The van der Waals surface area contributed by atoms with E-state index in [1.165, 1.54) is 12.8 Å². The molecule has 2 amide bonds.